The molecule has 0 radical (unpaired) electrons. The predicted octanol–water partition coefficient (Wildman–Crippen LogP) is 1.50. The zero-order valence-corrected chi connectivity index (χ0v) is 10.4. The van der Waals surface area contributed by atoms with Crippen LogP contribution in [0.4, 0.5) is 14.5 Å². The first-order chi connectivity index (χ1) is 9.21. The van der Waals surface area contributed by atoms with Gasteiger partial charge in [0.2, 0.25) is 0 Å². The maximum absolute atomic E-state index is 13.8. The molecule has 0 saturated heterocycles. The van der Waals surface area contributed by atoms with Gasteiger partial charge in [-0.2, -0.15) is 8.78 Å². The predicted molar refractivity (Wildman–Crippen MR) is 63.3 cm³/mol. The maximum Gasteiger partial charge on any atom is 0.379 e. The molecular weight excluding hydrogens is 278 g/mol. The second-order valence-electron chi connectivity index (χ2n) is 3.82. The first-order valence-corrected chi connectivity index (χ1v) is 5.49. The van der Waals surface area contributed by atoms with Gasteiger partial charge in [-0.05, 0) is 19.1 Å². The number of phenolic OH excluding ortho intramolecular Hbond substituents is 1. The van der Waals surface area contributed by atoms with Crippen LogP contribution in [0.15, 0.2) is 18.2 Å². The molecule has 0 saturated carbocycles. The molecule has 0 aliphatic carbocycles. The second kappa shape index (κ2) is 5.78. The van der Waals surface area contributed by atoms with Gasteiger partial charge in [0, 0.05) is 6.07 Å². The van der Waals surface area contributed by atoms with Crippen molar-refractivity contribution in [3.05, 3.63) is 33.9 Å². The number of rotatable bonds is 5. The smallest absolute Gasteiger partial charge is 0.379 e. The molecule has 110 valence electrons. The largest absolute Gasteiger partial charge is 0.508 e. The van der Waals surface area contributed by atoms with E-state index in [0.717, 1.165) is 18.2 Å². The van der Waals surface area contributed by atoms with Gasteiger partial charge in [-0.3, -0.25) is 10.1 Å². The van der Waals surface area contributed by atoms with Gasteiger partial charge in [-0.25, -0.2) is 4.79 Å². The fourth-order valence-electron chi connectivity index (χ4n) is 1.51. The minimum Gasteiger partial charge on any atom is -0.508 e. The van der Waals surface area contributed by atoms with Crippen LogP contribution in [0.1, 0.15) is 18.5 Å². The van der Waals surface area contributed by atoms with Crippen molar-refractivity contribution >= 4 is 11.7 Å². The molecular formula is C11H12F2N2O5. The van der Waals surface area contributed by atoms with E-state index >= 15 is 0 Å². The van der Waals surface area contributed by atoms with Gasteiger partial charge in [0.15, 0.2) is 0 Å². The van der Waals surface area contributed by atoms with E-state index in [-0.39, 0.29) is 6.61 Å². The number of phenols is 1. The van der Waals surface area contributed by atoms with Crippen LogP contribution in [0.3, 0.4) is 0 Å². The summed E-state index contributed by atoms with van der Waals surface area (Å²) in [6, 6.07) is 0.188. The Morgan fingerprint density at radius 3 is 2.70 bits per heavy atom. The molecule has 1 atom stereocenters. The molecule has 1 aromatic carbocycles. The third-order valence-corrected chi connectivity index (χ3v) is 2.48. The van der Waals surface area contributed by atoms with Gasteiger partial charge in [0.1, 0.15) is 11.8 Å². The van der Waals surface area contributed by atoms with Gasteiger partial charge in [-0.15, -0.1) is 0 Å². The topological polar surface area (TPSA) is 116 Å². The highest BCUT2D eigenvalue weighted by molar-refractivity contribution is 5.79. The molecule has 1 rings (SSSR count). The first-order valence-electron chi connectivity index (χ1n) is 5.49. The van der Waals surface area contributed by atoms with Crippen molar-refractivity contribution in [3.63, 3.8) is 0 Å². The number of esters is 1. The number of nitro benzene ring substituents is 1. The Labute approximate surface area is 112 Å². The monoisotopic (exact) mass is 290 g/mol. The number of nitrogens with two attached hydrogens (primary N) is 1. The average Bonchev–Trinajstić information content (AvgIpc) is 2.37. The lowest BCUT2D eigenvalue weighted by atomic mass is 9.99. The number of nitrogens with zero attached hydrogens (tertiary/aromatic N) is 1. The molecule has 0 amide bonds. The van der Waals surface area contributed by atoms with Crippen molar-refractivity contribution in [1.29, 1.82) is 0 Å². The molecule has 0 aromatic heterocycles. The van der Waals surface area contributed by atoms with E-state index in [4.69, 9.17) is 5.73 Å². The third-order valence-electron chi connectivity index (χ3n) is 2.48. The van der Waals surface area contributed by atoms with Gasteiger partial charge in [0.05, 0.1) is 17.1 Å². The number of benzene rings is 1. The summed E-state index contributed by atoms with van der Waals surface area (Å²) in [4.78, 5) is 21.0. The minimum absolute atomic E-state index is 0.288. The summed E-state index contributed by atoms with van der Waals surface area (Å²) in [6.07, 6.45) is 0. The van der Waals surface area contributed by atoms with Crippen LogP contribution >= 0.6 is 0 Å². The lowest BCUT2D eigenvalue weighted by Gasteiger charge is -2.21. The number of carbonyl (C=O) groups is 1. The molecule has 0 heterocycles. The molecule has 0 unspecified atom stereocenters. The molecule has 20 heavy (non-hydrogen) atoms. The Morgan fingerprint density at radius 2 is 2.20 bits per heavy atom. The fourth-order valence-corrected chi connectivity index (χ4v) is 1.51. The van der Waals surface area contributed by atoms with Crippen LogP contribution in [-0.4, -0.2) is 28.5 Å². The summed E-state index contributed by atoms with van der Waals surface area (Å²) in [7, 11) is 0. The van der Waals surface area contributed by atoms with Crippen LogP contribution in [0.5, 0.6) is 5.75 Å². The van der Waals surface area contributed by atoms with Crippen molar-refractivity contribution in [2.75, 3.05) is 6.61 Å². The first kappa shape index (κ1) is 15.8. The molecule has 0 fully saturated rings. The highest BCUT2D eigenvalue weighted by atomic mass is 19.3. The summed E-state index contributed by atoms with van der Waals surface area (Å²) in [5.74, 6) is -6.53. The molecule has 0 aliphatic heterocycles. The number of ether oxygens (including phenoxy) is 1. The molecule has 0 spiro atoms. The SMILES string of the molecule is CCOC(=O)C(F)(F)[C@@H](N)c1cc(O)ccc1[N+](=O)[O-]. The Morgan fingerprint density at radius 1 is 1.60 bits per heavy atom. The Kier molecular flexibility index (Phi) is 4.56. The van der Waals surface area contributed by atoms with Crippen LogP contribution in [-0.2, 0) is 9.53 Å². The number of aromatic hydroxyl groups is 1. The number of hydrogen-bond donors (Lipinski definition) is 2. The zero-order valence-electron chi connectivity index (χ0n) is 10.4. The summed E-state index contributed by atoms with van der Waals surface area (Å²) >= 11 is 0. The van der Waals surface area contributed by atoms with Crippen molar-refractivity contribution in [3.8, 4) is 5.75 Å². The second-order valence-corrected chi connectivity index (χ2v) is 3.82. The van der Waals surface area contributed by atoms with Gasteiger partial charge in [-0.1, -0.05) is 0 Å². The van der Waals surface area contributed by atoms with E-state index < -0.39 is 39.9 Å². The van der Waals surface area contributed by atoms with Crippen LogP contribution in [0.2, 0.25) is 0 Å². The summed E-state index contributed by atoms with van der Waals surface area (Å²) in [6.45, 7) is 1.04. The van der Waals surface area contributed by atoms with E-state index in [2.05, 4.69) is 4.74 Å². The van der Waals surface area contributed by atoms with Gasteiger partial charge >= 0.3 is 11.9 Å². The van der Waals surface area contributed by atoms with E-state index in [9.17, 15) is 28.8 Å². The van der Waals surface area contributed by atoms with E-state index in [1.807, 2.05) is 0 Å². The van der Waals surface area contributed by atoms with Crippen molar-refractivity contribution < 1.29 is 28.3 Å². The lowest BCUT2D eigenvalue weighted by Crippen LogP contribution is -2.42. The van der Waals surface area contributed by atoms with E-state index in [1.165, 1.54) is 6.92 Å². The minimum atomic E-state index is -4.16. The van der Waals surface area contributed by atoms with E-state index in [0.29, 0.717) is 0 Å². The van der Waals surface area contributed by atoms with Crippen molar-refractivity contribution in [1.82, 2.24) is 0 Å². The third kappa shape index (κ3) is 2.99. The quantitative estimate of drug-likeness (QED) is 0.482. The van der Waals surface area contributed by atoms with Gasteiger partial charge in [0.25, 0.3) is 5.69 Å². The number of hydrogen-bond acceptors (Lipinski definition) is 6. The average molecular weight is 290 g/mol. The van der Waals surface area contributed by atoms with Crippen LogP contribution in [0.25, 0.3) is 0 Å². The highest BCUT2D eigenvalue weighted by Gasteiger charge is 2.49. The van der Waals surface area contributed by atoms with Crippen molar-refractivity contribution in [2.24, 2.45) is 5.73 Å². The van der Waals surface area contributed by atoms with E-state index in [1.54, 1.807) is 0 Å². The number of nitro groups is 1. The van der Waals surface area contributed by atoms with Crippen LogP contribution in [0, 0.1) is 10.1 Å². The molecule has 0 aliphatic rings. The number of alkyl halides is 2. The van der Waals surface area contributed by atoms with Crippen LogP contribution < -0.4 is 5.73 Å². The summed E-state index contributed by atoms with van der Waals surface area (Å²) < 4.78 is 31.7. The standard InChI is InChI=1S/C11H12F2N2O5/c1-2-20-10(17)11(12,13)9(14)7-5-6(16)3-4-8(7)15(18)19/h3-5,9,16H,2,14H2,1H3/t9-/m0/s1. The number of halogens is 2. The maximum atomic E-state index is 13.8. The molecule has 7 nitrogen and oxygen atoms in total. The molecule has 0 bridgehead atoms. The fraction of sp³-hybridized carbons (Fsp3) is 0.364. The Hall–Kier alpha value is -2.29. The molecule has 1 aromatic rings. The lowest BCUT2D eigenvalue weighted by molar-refractivity contribution is -0.386. The Balaban J connectivity index is 3.26. The van der Waals surface area contributed by atoms with Gasteiger partial charge < -0.3 is 15.6 Å². The summed E-state index contributed by atoms with van der Waals surface area (Å²) in [5.41, 5.74) is 3.86. The summed E-state index contributed by atoms with van der Waals surface area (Å²) in [5, 5.41) is 20.0. The molecule has 3 N–H and O–H groups in total. The number of carbonyl (C=O) groups excluding carboxylic acids is 1. The highest BCUT2D eigenvalue weighted by Crippen LogP contribution is 2.36. The normalized spacial score (nSPS) is 12.8. The molecule has 9 heteroatoms. The zero-order chi connectivity index (χ0) is 15.5. The van der Waals surface area contributed by atoms with Crippen molar-refractivity contribution in [2.45, 2.75) is 18.9 Å². The Bertz CT molecular complexity index is 536.